The Kier molecular flexibility index (Phi) is 3.84. The molecule has 2 heterocycles. The summed E-state index contributed by atoms with van der Waals surface area (Å²) in [6.07, 6.45) is 2.32. The highest BCUT2D eigenvalue weighted by Gasteiger charge is 2.29. The number of thiophene rings is 1. The minimum Gasteiger partial charge on any atom is -0.351 e. The summed E-state index contributed by atoms with van der Waals surface area (Å²) in [5.41, 5.74) is 0.263. The van der Waals surface area contributed by atoms with Gasteiger partial charge in [0.2, 0.25) is 0 Å². The van der Waals surface area contributed by atoms with Crippen molar-refractivity contribution in [2.75, 3.05) is 26.7 Å². The van der Waals surface area contributed by atoms with E-state index >= 15 is 0 Å². The first kappa shape index (κ1) is 12.6. The standard InChI is InChI=1S/C13H20N2OS/c1-13(5-7-15(2)8-6-13)10-14-12(16)11-4-3-9-17-11/h3-4,9H,5-8,10H2,1-2H3,(H,14,16). The van der Waals surface area contributed by atoms with Crippen molar-refractivity contribution in [3.05, 3.63) is 22.4 Å². The van der Waals surface area contributed by atoms with Crippen molar-refractivity contribution in [1.82, 2.24) is 10.2 Å². The van der Waals surface area contributed by atoms with Gasteiger partial charge in [-0.15, -0.1) is 11.3 Å². The lowest BCUT2D eigenvalue weighted by atomic mass is 9.80. The molecule has 1 fully saturated rings. The maximum atomic E-state index is 11.8. The topological polar surface area (TPSA) is 32.3 Å². The van der Waals surface area contributed by atoms with E-state index in [1.807, 2.05) is 17.5 Å². The second-order valence-electron chi connectivity index (χ2n) is 5.27. The molecular formula is C13H20N2OS. The Labute approximate surface area is 107 Å². The lowest BCUT2D eigenvalue weighted by Crippen LogP contribution is -2.43. The van der Waals surface area contributed by atoms with E-state index in [2.05, 4.69) is 24.2 Å². The highest BCUT2D eigenvalue weighted by Crippen LogP contribution is 2.29. The van der Waals surface area contributed by atoms with Crippen LogP contribution in [-0.4, -0.2) is 37.5 Å². The van der Waals surface area contributed by atoms with E-state index in [4.69, 9.17) is 0 Å². The largest absolute Gasteiger partial charge is 0.351 e. The second-order valence-corrected chi connectivity index (χ2v) is 6.22. The summed E-state index contributed by atoms with van der Waals surface area (Å²) in [6.45, 7) is 5.32. The molecule has 0 atom stereocenters. The molecule has 0 spiro atoms. The zero-order valence-electron chi connectivity index (χ0n) is 10.5. The molecule has 0 aromatic carbocycles. The maximum absolute atomic E-state index is 11.8. The van der Waals surface area contributed by atoms with Crippen molar-refractivity contribution < 1.29 is 4.79 Å². The van der Waals surface area contributed by atoms with Gasteiger partial charge in [0.25, 0.3) is 5.91 Å². The number of hydrogen-bond donors (Lipinski definition) is 1. The summed E-state index contributed by atoms with van der Waals surface area (Å²) in [6, 6.07) is 3.79. The van der Waals surface area contributed by atoms with Crippen LogP contribution in [0, 0.1) is 5.41 Å². The van der Waals surface area contributed by atoms with Gasteiger partial charge in [0.1, 0.15) is 0 Å². The molecule has 1 N–H and O–H groups in total. The lowest BCUT2D eigenvalue weighted by Gasteiger charge is -2.37. The Morgan fingerprint density at radius 3 is 2.82 bits per heavy atom. The van der Waals surface area contributed by atoms with Gasteiger partial charge in [0, 0.05) is 6.54 Å². The molecule has 0 unspecified atom stereocenters. The molecule has 0 aliphatic carbocycles. The van der Waals surface area contributed by atoms with E-state index in [-0.39, 0.29) is 11.3 Å². The number of nitrogens with zero attached hydrogens (tertiary/aromatic N) is 1. The molecule has 1 amide bonds. The number of carbonyl (C=O) groups is 1. The van der Waals surface area contributed by atoms with E-state index < -0.39 is 0 Å². The molecule has 1 aromatic heterocycles. The molecular weight excluding hydrogens is 232 g/mol. The van der Waals surface area contributed by atoms with Crippen molar-refractivity contribution in [2.24, 2.45) is 5.41 Å². The number of amides is 1. The first-order chi connectivity index (χ1) is 8.09. The van der Waals surface area contributed by atoms with E-state index in [1.54, 1.807) is 0 Å². The number of carbonyl (C=O) groups excluding carboxylic acids is 1. The Balaban J connectivity index is 1.83. The molecule has 3 nitrogen and oxygen atoms in total. The van der Waals surface area contributed by atoms with Crippen LogP contribution in [0.1, 0.15) is 29.4 Å². The van der Waals surface area contributed by atoms with Crippen LogP contribution < -0.4 is 5.32 Å². The Bertz CT molecular complexity index is 367. The Morgan fingerprint density at radius 1 is 1.53 bits per heavy atom. The lowest BCUT2D eigenvalue weighted by molar-refractivity contribution is 0.0895. The van der Waals surface area contributed by atoms with Crippen molar-refractivity contribution in [2.45, 2.75) is 19.8 Å². The van der Waals surface area contributed by atoms with Crippen LogP contribution in [0.5, 0.6) is 0 Å². The van der Waals surface area contributed by atoms with Gasteiger partial charge in [-0.25, -0.2) is 0 Å². The summed E-state index contributed by atoms with van der Waals surface area (Å²) >= 11 is 1.50. The predicted octanol–water partition coefficient (Wildman–Crippen LogP) is 2.21. The molecule has 17 heavy (non-hydrogen) atoms. The van der Waals surface area contributed by atoms with E-state index in [0.717, 1.165) is 37.4 Å². The van der Waals surface area contributed by atoms with Crippen LogP contribution in [0.4, 0.5) is 0 Å². The van der Waals surface area contributed by atoms with Gasteiger partial charge < -0.3 is 10.2 Å². The minimum absolute atomic E-state index is 0.0696. The highest BCUT2D eigenvalue weighted by molar-refractivity contribution is 7.12. The van der Waals surface area contributed by atoms with Crippen molar-refractivity contribution >= 4 is 17.2 Å². The van der Waals surface area contributed by atoms with Crippen LogP contribution in [0.2, 0.25) is 0 Å². The zero-order valence-corrected chi connectivity index (χ0v) is 11.3. The van der Waals surface area contributed by atoms with Crippen LogP contribution in [0.25, 0.3) is 0 Å². The molecule has 1 aromatic rings. The van der Waals surface area contributed by atoms with Crippen LogP contribution in [0.15, 0.2) is 17.5 Å². The van der Waals surface area contributed by atoms with Crippen molar-refractivity contribution in [3.63, 3.8) is 0 Å². The number of nitrogens with one attached hydrogen (secondary N) is 1. The molecule has 0 bridgehead atoms. The first-order valence-electron chi connectivity index (χ1n) is 6.09. The first-order valence-corrected chi connectivity index (χ1v) is 6.97. The summed E-state index contributed by atoms with van der Waals surface area (Å²) < 4.78 is 0. The molecule has 0 radical (unpaired) electrons. The molecule has 94 valence electrons. The predicted molar refractivity (Wildman–Crippen MR) is 71.5 cm³/mol. The van der Waals surface area contributed by atoms with E-state index in [1.165, 1.54) is 11.3 Å². The Hall–Kier alpha value is -0.870. The quantitative estimate of drug-likeness (QED) is 0.894. The van der Waals surface area contributed by atoms with Gasteiger partial charge >= 0.3 is 0 Å². The molecule has 0 saturated carbocycles. The summed E-state index contributed by atoms with van der Waals surface area (Å²) in [5.74, 6) is 0.0696. The number of piperidine rings is 1. The van der Waals surface area contributed by atoms with Gasteiger partial charge in [-0.05, 0) is 49.8 Å². The van der Waals surface area contributed by atoms with Crippen molar-refractivity contribution in [3.8, 4) is 0 Å². The molecule has 1 saturated heterocycles. The van der Waals surface area contributed by atoms with Gasteiger partial charge in [-0.1, -0.05) is 13.0 Å². The molecule has 2 rings (SSSR count). The van der Waals surface area contributed by atoms with Gasteiger partial charge in [-0.3, -0.25) is 4.79 Å². The summed E-state index contributed by atoms with van der Waals surface area (Å²) in [4.78, 5) is 15.0. The molecule has 1 aliphatic heterocycles. The number of rotatable bonds is 3. The molecule has 1 aliphatic rings. The van der Waals surface area contributed by atoms with Crippen LogP contribution in [0.3, 0.4) is 0 Å². The maximum Gasteiger partial charge on any atom is 0.261 e. The third-order valence-corrected chi connectivity index (χ3v) is 4.48. The average molecular weight is 252 g/mol. The Morgan fingerprint density at radius 2 is 2.24 bits per heavy atom. The monoisotopic (exact) mass is 252 g/mol. The zero-order chi connectivity index (χ0) is 12.3. The smallest absolute Gasteiger partial charge is 0.261 e. The second kappa shape index (κ2) is 5.19. The molecule has 4 heteroatoms. The average Bonchev–Trinajstić information content (AvgIpc) is 2.84. The SMILES string of the molecule is CN1CCC(C)(CNC(=O)c2cccs2)CC1. The van der Waals surface area contributed by atoms with E-state index in [0.29, 0.717) is 0 Å². The number of hydrogen-bond acceptors (Lipinski definition) is 3. The van der Waals surface area contributed by atoms with Gasteiger partial charge in [-0.2, -0.15) is 0 Å². The van der Waals surface area contributed by atoms with E-state index in [9.17, 15) is 4.79 Å². The van der Waals surface area contributed by atoms with Crippen LogP contribution in [-0.2, 0) is 0 Å². The van der Waals surface area contributed by atoms with Crippen LogP contribution >= 0.6 is 11.3 Å². The summed E-state index contributed by atoms with van der Waals surface area (Å²) in [7, 11) is 2.16. The third kappa shape index (κ3) is 3.30. The number of likely N-dealkylation sites (tertiary alicyclic amines) is 1. The highest BCUT2D eigenvalue weighted by atomic mass is 32.1. The van der Waals surface area contributed by atoms with Gasteiger partial charge in [0.15, 0.2) is 0 Å². The normalized spacial score (nSPS) is 20.1. The fourth-order valence-electron chi connectivity index (χ4n) is 2.12. The fourth-order valence-corrected chi connectivity index (χ4v) is 2.76. The fraction of sp³-hybridized carbons (Fsp3) is 0.615. The van der Waals surface area contributed by atoms with Crippen molar-refractivity contribution in [1.29, 1.82) is 0 Å². The summed E-state index contributed by atoms with van der Waals surface area (Å²) in [5, 5.41) is 5.00. The van der Waals surface area contributed by atoms with Gasteiger partial charge in [0.05, 0.1) is 4.88 Å². The minimum atomic E-state index is 0.0696. The third-order valence-electron chi connectivity index (χ3n) is 3.61.